The van der Waals surface area contributed by atoms with Crippen LogP contribution in [0.2, 0.25) is 0 Å². The van der Waals surface area contributed by atoms with E-state index in [0.29, 0.717) is 50.5 Å². The van der Waals surface area contributed by atoms with E-state index in [0.717, 1.165) is 22.3 Å². The molecule has 1 aromatic carbocycles. The third kappa shape index (κ3) is 3.98. The molecule has 1 atom stereocenters. The lowest BCUT2D eigenvalue weighted by Gasteiger charge is -2.37. The number of hydrogen-bond donors (Lipinski definition) is 0. The Balaban J connectivity index is 1.73. The molecule has 156 valence electrons. The van der Waals surface area contributed by atoms with Gasteiger partial charge in [-0.05, 0) is 69.7 Å². The van der Waals surface area contributed by atoms with Crippen LogP contribution in [0.15, 0.2) is 11.0 Å². The highest BCUT2D eigenvalue weighted by molar-refractivity contribution is 7.89. The minimum Gasteiger partial charge on any atom is -0.375 e. The predicted octanol–water partition coefficient (Wildman–Crippen LogP) is 2.57. The maximum atomic E-state index is 13.4. The van der Waals surface area contributed by atoms with E-state index in [2.05, 4.69) is 0 Å². The lowest BCUT2D eigenvalue weighted by molar-refractivity contribution is -0.143. The van der Waals surface area contributed by atoms with E-state index in [1.54, 1.807) is 4.31 Å². The van der Waals surface area contributed by atoms with Gasteiger partial charge in [-0.15, -0.1) is 0 Å². The van der Waals surface area contributed by atoms with Crippen LogP contribution in [-0.2, 0) is 19.6 Å². The zero-order valence-corrected chi connectivity index (χ0v) is 18.4. The number of amides is 1. The predicted molar refractivity (Wildman–Crippen MR) is 109 cm³/mol. The number of hydrogen-bond acceptors (Lipinski definition) is 4. The molecule has 0 saturated carbocycles. The Morgan fingerprint density at radius 2 is 1.61 bits per heavy atom. The molecular weight excluding hydrogens is 376 g/mol. The second-order valence-corrected chi connectivity index (χ2v) is 10.1. The summed E-state index contributed by atoms with van der Waals surface area (Å²) in [5, 5.41) is 0. The highest BCUT2D eigenvalue weighted by atomic mass is 32.2. The van der Waals surface area contributed by atoms with E-state index in [1.165, 1.54) is 0 Å². The van der Waals surface area contributed by atoms with Gasteiger partial charge in [0.05, 0.1) is 17.6 Å². The Morgan fingerprint density at radius 1 is 1.04 bits per heavy atom. The number of rotatable bonds is 3. The molecule has 0 aliphatic carbocycles. The van der Waals surface area contributed by atoms with Crippen molar-refractivity contribution in [2.75, 3.05) is 32.8 Å². The number of ether oxygens (including phenoxy) is 1. The van der Waals surface area contributed by atoms with Gasteiger partial charge in [-0.1, -0.05) is 6.07 Å². The van der Waals surface area contributed by atoms with Crippen molar-refractivity contribution < 1.29 is 17.9 Å². The molecule has 2 heterocycles. The van der Waals surface area contributed by atoms with Gasteiger partial charge in [-0.2, -0.15) is 4.31 Å². The maximum Gasteiger partial charge on any atom is 0.243 e. The van der Waals surface area contributed by atoms with Gasteiger partial charge in [-0.3, -0.25) is 4.79 Å². The molecule has 1 amide bonds. The molecular formula is C21H32N2O4S. The number of morpholine rings is 1. The van der Waals surface area contributed by atoms with Crippen LogP contribution in [0.25, 0.3) is 0 Å². The first-order valence-corrected chi connectivity index (χ1v) is 11.5. The summed E-state index contributed by atoms with van der Waals surface area (Å²) in [6.07, 6.45) is 1.22. The van der Waals surface area contributed by atoms with E-state index in [1.807, 2.05) is 45.6 Å². The molecule has 2 aliphatic rings. The van der Waals surface area contributed by atoms with Crippen molar-refractivity contribution in [1.29, 1.82) is 0 Å². The molecule has 1 aromatic rings. The number of aryl methyl sites for hydroxylation is 2. The Labute approximate surface area is 168 Å². The van der Waals surface area contributed by atoms with E-state index < -0.39 is 10.0 Å². The van der Waals surface area contributed by atoms with Crippen LogP contribution in [-0.4, -0.2) is 62.4 Å². The Hall–Kier alpha value is -1.44. The summed E-state index contributed by atoms with van der Waals surface area (Å²) in [6.45, 7) is 12.3. The zero-order valence-electron chi connectivity index (χ0n) is 17.6. The minimum absolute atomic E-state index is 0.0636. The third-order valence-electron chi connectivity index (χ3n) is 6.25. The van der Waals surface area contributed by atoms with Crippen LogP contribution in [0, 0.1) is 33.6 Å². The molecule has 0 spiro atoms. The third-order valence-corrected chi connectivity index (χ3v) is 8.42. The number of benzene rings is 1. The van der Waals surface area contributed by atoms with Crippen LogP contribution in [0.5, 0.6) is 0 Å². The Kier molecular flexibility index (Phi) is 6.17. The van der Waals surface area contributed by atoms with Gasteiger partial charge in [0.2, 0.25) is 15.9 Å². The number of nitrogens with zero attached hydrogens (tertiary/aromatic N) is 2. The molecule has 0 radical (unpaired) electrons. The molecule has 3 rings (SSSR count). The van der Waals surface area contributed by atoms with Gasteiger partial charge in [0.15, 0.2) is 0 Å². The van der Waals surface area contributed by atoms with Crippen molar-refractivity contribution in [3.05, 3.63) is 28.3 Å². The van der Waals surface area contributed by atoms with Crippen molar-refractivity contribution in [3.8, 4) is 0 Å². The van der Waals surface area contributed by atoms with Gasteiger partial charge in [0.25, 0.3) is 0 Å². The highest BCUT2D eigenvalue weighted by Crippen LogP contribution is 2.31. The smallest absolute Gasteiger partial charge is 0.243 e. The lowest BCUT2D eigenvalue weighted by Crippen LogP contribution is -2.49. The molecule has 28 heavy (non-hydrogen) atoms. The summed E-state index contributed by atoms with van der Waals surface area (Å²) in [5.74, 6) is 0.0455. The number of carbonyl (C=O) groups is 1. The lowest BCUT2D eigenvalue weighted by atomic mass is 9.96. The summed E-state index contributed by atoms with van der Waals surface area (Å²) < 4.78 is 33.8. The largest absolute Gasteiger partial charge is 0.375 e. The molecule has 0 N–H and O–H groups in total. The number of piperidine rings is 1. The maximum absolute atomic E-state index is 13.4. The van der Waals surface area contributed by atoms with Crippen LogP contribution < -0.4 is 0 Å². The monoisotopic (exact) mass is 408 g/mol. The van der Waals surface area contributed by atoms with Gasteiger partial charge >= 0.3 is 0 Å². The fourth-order valence-electron chi connectivity index (χ4n) is 4.32. The van der Waals surface area contributed by atoms with Crippen LogP contribution in [0.1, 0.15) is 42.0 Å². The minimum atomic E-state index is -3.56. The summed E-state index contributed by atoms with van der Waals surface area (Å²) >= 11 is 0. The highest BCUT2D eigenvalue weighted by Gasteiger charge is 2.36. The standard InChI is InChI=1S/C21H32N2O4S/c1-14-12-15(2)18(5)20(17(14)4)28(25,26)23-8-6-19(7-9-23)21(24)22-10-11-27-16(3)13-22/h12,16,19H,6-11,13H2,1-5H3. The second-order valence-electron chi connectivity index (χ2n) is 8.23. The molecule has 2 fully saturated rings. The molecule has 0 aromatic heterocycles. The first kappa shape index (κ1) is 21.3. The van der Waals surface area contributed by atoms with Crippen LogP contribution in [0.4, 0.5) is 0 Å². The summed E-state index contributed by atoms with van der Waals surface area (Å²) in [5.41, 5.74) is 3.63. The topological polar surface area (TPSA) is 66.9 Å². The average molecular weight is 409 g/mol. The van der Waals surface area contributed by atoms with Gasteiger partial charge in [0.1, 0.15) is 0 Å². The molecule has 1 unspecified atom stereocenters. The molecule has 0 bridgehead atoms. The normalized spacial score (nSPS) is 22.5. The van der Waals surface area contributed by atoms with E-state index in [-0.39, 0.29) is 17.9 Å². The summed E-state index contributed by atoms with van der Waals surface area (Å²) in [7, 11) is -3.56. The second kappa shape index (κ2) is 8.13. The molecule has 7 heteroatoms. The Bertz CT molecular complexity index is 831. The van der Waals surface area contributed by atoms with E-state index in [4.69, 9.17) is 4.74 Å². The zero-order chi connectivity index (χ0) is 20.6. The average Bonchev–Trinajstić information content (AvgIpc) is 2.66. The first-order chi connectivity index (χ1) is 13.1. The number of carbonyl (C=O) groups excluding carboxylic acids is 1. The molecule has 2 aliphatic heterocycles. The summed E-state index contributed by atoms with van der Waals surface area (Å²) in [4.78, 5) is 15.1. The van der Waals surface area contributed by atoms with Crippen LogP contribution >= 0.6 is 0 Å². The van der Waals surface area contributed by atoms with Crippen molar-refractivity contribution >= 4 is 15.9 Å². The van der Waals surface area contributed by atoms with Crippen molar-refractivity contribution in [3.63, 3.8) is 0 Å². The molecule has 6 nitrogen and oxygen atoms in total. The van der Waals surface area contributed by atoms with Crippen molar-refractivity contribution in [2.45, 2.75) is 58.5 Å². The van der Waals surface area contributed by atoms with Gasteiger partial charge < -0.3 is 9.64 Å². The Morgan fingerprint density at radius 3 is 2.14 bits per heavy atom. The number of sulfonamides is 1. The fourth-order valence-corrected chi connectivity index (χ4v) is 6.36. The van der Waals surface area contributed by atoms with Gasteiger partial charge in [0, 0.05) is 32.1 Å². The SMILES string of the molecule is Cc1cc(C)c(C)c(S(=O)(=O)N2CCC(C(=O)N3CCOC(C)C3)CC2)c1C. The van der Waals surface area contributed by atoms with E-state index >= 15 is 0 Å². The summed E-state index contributed by atoms with van der Waals surface area (Å²) in [6, 6.07) is 2.04. The first-order valence-electron chi connectivity index (χ1n) is 10.1. The van der Waals surface area contributed by atoms with E-state index in [9.17, 15) is 13.2 Å². The van der Waals surface area contributed by atoms with Crippen molar-refractivity contribution in [1.82, 2.24) is 9.21 Å². The van der Waals surface area contributed by atoms with Crippen molar-refractivity contribution in [2.24, 2.45) is 5.92 Å². The quantitative estimate of drug-likeness (QED) is 0.771. The fraction of sp³-hybridized carbons (Fsp3) is 0.667. The van der Waals surface area contributed by atoms with Gasteiger partial charge in [-0.25, -0.2) is 8.42 Å². The van der Waals surface area contributed by atoms with Crippen LogP contribution in [0.3, 0.4) is 0 Å². The molecule has 2 saturated heterocycles.